The van der Waals surface area contributed by atoms with E-state index in [-0.39, 0.29) is 11.8 Å². The first kappa shape index (κ1) is 11.7. The van der Waals surface area contributed by atoms with Crippen LogP contribution in [0.4, 0.5) is 0 Å². The summed E-state index contributed by atoms with van der Waals surface area (Å²) in [6.45, 7) is 1.03. The predicted molar refractivity (Wildman–Crippen MR) is 63.7 cm³/mol. The van der Waals surface area contributed by atoms with Gasteiger partial charge in [-0.15, -0.1) is 0 Å². The second kappa shape index (κ2) is 4.63. The zero-order valence-corrected chi connectivity index (χ0v) is 9.95. The molecule has 0 aliphatic carbocycles. The minimum atomic E-state index is -0.121. The van der Waals surface area contributed by atoms with Crippen molar-refractivity contribution in [3.8, 4) is 11.5 Å². The highest BCUT2D eigenvalue weighted by molar-refractivity contribution is 6.00. The summed E-state index contributed by atoms with van der Waals surface area (Å²) in [5.74, 6) is 1.18. The maximum atomic E-state index is 11.9. The molecule has 1 aliphatic heterocycles. The molecule has 0 saturated heterocycles. The lowest BCUT2D eigenvalue weighted by atomic mass is 9.89. The van der Waals surface area contributed by atoms with Crippen LogP contribution >= 0.6 is 0 Å². The molecule has 1 heterocycles. The lowest BCUT2D eigenvalue weighted by Crippen LogP contribution is -2.38. The van der Waals surface area contributed by atoms with Crippen molar-refractivity contribution in [2.45, 2.75) is 5.92 Å². The van der Waals surface area contributed by atoms with Gasteiger partial charge in [-0.3, -0.25) is 4.79 Å². The normalized spacial score (nSPS) is 18.3. The van der Waals surface area contributed by atoms with E-state index < -0.39 is 0 Å². The number of nitrogens with two attached hydrogens (primary N) is 1. The molecule has 2 rings (SSSR count). The van der Waals surface area contributed by atoms with Gasteiger partial charge >= 0.3 is 0 Å². The van der Waals surface area contributed by atoms with Crippen molar-refractivity contribution in [2.75, 3.05) is 27.3 Å². The van der Waals surface area contributed by atoms with Gasteiger partial charge in [-0.05, 0) is 11.6 Å². The van der Waals surface area contributed by atoms with Gasteiger partial charge in [0.15, 0.2) is 0 Å². The summed E-state index contributed by atoms with van der Waals surface area (Å²) in [6, 6.07) is 3.56. The van der Waals surface area contributed by atoms with Gasteiger partial charge < -0.3 is 20.5 Å². The fourth-order valence-corrected chi connectivity index (χ4v) is 2.08. The number of amides is 1. The van der Waals surface area contributed by atoms with Crippen LogP contribution in [0.15, 0.2) is 12.1 Å². The Morgan fingerprint density at radius 2 is 2.18 bits per heavy atom. The average molecular weight is 236 g/mol. The number of rotatable bonds is 3. The number of hydrogen-bond donors (Lipinski definition) is 2. The molecule has 1 aliphatic rings. The van der Waals surface area contributed by atoms with Crippen LogP contribution in [0.1, 0.15) is 21.8 Å². The SMILES string of the molecule is COc1cc(OC)c2c(c1)C(CN)CNC2=O. The molecule has 0 fully saturated rings. The molecule has 17 heavy (non-hydrogen) atoms. The van der Waals surface area contributed by atoms with Gasteiger partial charge in [0, 0.05) is 25.1 Å². The average Bonchev–Trinajstić information content (AvgIpc) is 2.37. The zero-order chi connectivity index (χ0) is 12.4. The number of fused-ring (bicyclic) bond motifs is 1. The van der Waals surface area contributed by atoms with Gasteiger partial charge in [0.1, 0.15) is 11.5 Å². The summed E-state index contributed by atoms with van der Waals surface area (Å²) in [5, 5.41) is 2.81. The Morgan fingerprint density at radius 3 is 2.76 bits per heavy atom. The molecule has 5 heteroatoms. The molecule has 1 unspecified atom stereocenters. The van der Waals surface area contributed by atoms with Gasteiger partial charge in [0.2, 0.25) is 0 Å². The van der Waals surface area contributed by atoms with Gasteiger partial charge in [-0.1, -0.05) is 0 Å². The van der Waals surface area contributed by atoms with Crippen LogP contribution in [0.5, 0.6) is 11.5 Å². The highest BCUT2D eigenvalue weighted by Gasteiger charge is 2.28. The Morgan fingerprint density at radius 1 is 1.41 bits per heavy atom. The van der Waals surface area contributed by atoms with E-state index in [9.17, 15) is 4.79 Å². The fourth-order valence-electron chi connectivity index (χ4n) is 2.08. The number of carbonyl (C=O) groups excluding carboxylic acids is 1. The Bertz CT molecular complexity index is 446. The summed E-state index contributed by atoms with van der Waals surface area (Å²) < 4.78 is 10.4. The molecule has 0 bridgehead atoms. The van der Waals surface area contributed by atoms with Crippen molar-refractivity contribution in [3.05, 3.63) is 23.3 Å². The van der Waals surface area contributed by atoms with Crippen LogP contribution in [0.25, 0.3) is 0 Å². The summed E-state index contributed by atoms with van der Waals surface area (Å²) >= 11 is 0. The number of ether oxygens (including phenoxy) is 2. The molecule has 1 aromatic carbocycles. The predicted octanol–water partition coefficient (Wildman–Crippen LogP) is 0.489. The van der Waals surface area contributed by atoms with E-state index in [4.69, 9.17) is 15.2 Å². The molecule has 5 nitrogen and oxygen atoms in total. The van der Waals surface area contributed by atoms with Crippen molar-refractivity contribution in [3.63, 3.8) is 0 Å². The first-order chi connectivity index (χ1) is 8.21. The molecule has 1 atom stereocenters. The quantitative estimate of drug-likeness (QED) is 0.801. The summed E-state index contributed by atoms with van der Waals surface area (Å²) in [4.78, 5) is 11.9. The van der Waals surface area contributed by atoms with Crippen LogP contribution in [0, 0.1) is 0 Å². The van der Waals surface area contributed by atoms with E-state index in [1.54, 1.807) is 13.2 Å². The van der Waals surface area contributed by atoms with Crippen molar-refractivity contribution < 1.29 is 14.3 Å². The molecule has 0 radical (unpaired) electrons. The lowest BCUT2D eigenvalue weighted by Gasteiger charge is -2.26. The van der Waals surface area contributed by atoms with E-state index in [1.165, 1.54) is 7.11 Å². The molecule has 0 aromatic heterocycles. The van der Waals surface area contributed by atoms with Gasteiger partial charge in [0.25, 0.3) is 5.91 Å². The van der Waals surface area contributed by atoms with Gasteiger partial charge in [-0.2, -0.15) is 0 Å². The van der Waals surface area contributed by atoms with E-state index in [2.05, 4.69) is 5.32 Å². The van der Waals surface area contributed by atoms with E-state index in [0.717, 1.165) is 5.56 Å². The highest BCUT2D eigenvalue weighted by atomic mass is 16.5. The largest absolute Gasteiger partial charge is 0.497 e. The van der Waals surface area contributed by atoms with Gasteiger partial charge in [-0.25, -0.2) is 0 Å². The highest BCUT2D eigenvalue weighted by Crippen LogP contribution is 2.34. The number of carbonyl (C=O) groups is 1. The van der Waals surface area contributed by atoms with Crippen molar-refractivity contribution >= 4 is 5.91 Å². The summed E-state index contributed by atoms with van der Waals surface area (Å²) in [5.41, 5.74) is 7.17. The topological polar surface area (TPSA) is 73.6 Å². The zero-order valence-electron chi connectivity index (χ0n) is 9.95. The Labute approximate surface area is 99.9 Å². The molecule has 1 aromatic rings. The smallest absolute Gasteiger partial charge is 0.255 e. The maximum Gasteiger partial charge on any atom is 0.255 e. The van der Waals surface area contributed by atoms with Crippen molar-refractivity contribution in [1.82, 2.24) is 5.32 Å². The number of benzene rings is 1. The lowest BCUT2D eigenvalue weighted by molar-refractivity contribution is 0.0937. The summed E-state index contributed by atoms with van der Waals surface area (Å²) in [7, 11) is 3.12. The summed E-state index contributed by atoms with van der Waals surface area (Å²) in [6.07, 6.45) is 0. The third-order valence-corrected chi connectivity index (χ3v) is 3.02. The number of methoxy groups -OCH3 is 2. The molecule has 0 saturated carbocycles. The molecule has 1 amide bonds. The standard InChI is InChI=1S/C12H16N2O3/c1-16-8-3-9-7(5-13)6-14-12(15)11(9)10(4-8)17-2/h3-4,7H,5-6,13H2,1-2H3,(H,14,15). The number of nitrogens with one attached hydrogen (secondary N) is 1. The van der Waals surface area contributed by atoms with Crippen molar-refractivity contribution in [1.29, 1.82) is 0 Å². The Hall–Kier alpha value is -1.75. The third-order valence-electron chi connectivity index (χ3n) is 3.02. The monoisotopic (exact) mass is 236 g/mol. The van der Waals surface area contributed by atoms with Gasteiger partial charge in [0.05, 0.1) is 19.8 Å². The Balaban J connectivity index is 2.60. The second-order valence-corrected chi connectivity index (χ2v) is 3.94. The first-order valence-electron chi connectivity index (χ1n) is 5.45. The molecular formula is C12H16N2O3. The minimum Gasteiger partial charge on any atom is -0.497 e. The van der Waals surface area contributed by atoms with E-state index >= 15 is 0 Å². The maximum absolute atomic E-state index is 11.9. The minimum absolute atomic E-state index is 0.103. The molecule has 3 N–H and O–H groups in total. The van der Waals surface area contributed by atoms with Crippen LogP contribution in [0.3, 0.4) is 0 Å². The Kier molecular flexibility index (Phi) is 3.19. The van der Waals surface area contributed by atoms with Crippen molar-refractivity contribution in [2.24, 2.45) is 5.73 Å². The van der Waals surface area contributed by atoms with Crippen LogP contribution in [-0.4, -0.2) is 33.2 Å². The van der Waals surface area contributed by atoms with E-state index in [1.807, 2.05) is 6.07 Å². The van der Waals surface area contributed by atoms with Crippen LogP contribution in [-0.2, 0) is 0 Å². The second-order valence-electron chi connectivity index (χ2n) is 3.94. The molecular weight excluding hydrogens is 220 g/mol. The van der Waals surface area contributed by atoms with Crippen LogP contribution < -0.4 is 20.5 Å². The fraction of sp³-hybridized carbons (Fsp3) is 0.417. The number of hydrogen-bond acceptors (Lipinski definition) is 4. The molecule has 0 spiro atoms. The van der Waals surface area contributed by atoms with E-state index in [0.29, 0.717) is 30.2 Å². The van der Waals surface area contributed by atoms with Crippen LogP contribution in [0.2, 0.25) is 0 Å². The molecule has 92 valence electrons. The first-order valence-corrected chi connectivity index (χ1v) is 5.45. The third kappa shape index (κ3) is 1.93.